The van der Waals surface area contributed by atoms with E-state index in [4.69, 9.17) is 5.26 Å². The van der Waals surface area contributed by atoms with E-state index in [9.17, 15) is 13.6 Å². The number of nitrogens with zero attached hydrogens (tertiary/aromatic N) is 2. The number of benzene rings is 1. The maximum absolute atomic E-state index is 13.5. The fraction of sp³-hybridized carbons (Fsp3) is 0.333. The number of nitriles is 1. The number of carbonyl (C=O) groups is 1. The van der Waals surface area contributed by atoms with Crippen LogP contribution < -0.4 is 10.6 Å². The highest BCUT2D eigenvalue weighted by molar-refractivity contribution is 5.73. The summed E-state index contributed by atoms with van der Waals surface area (Å²) in [6, 6.07) is 3.76. The number of halogens is 2. The van der Waals surface area contributed by atoms with Crippen LogP contribution in [-0.4, -0.2) is 38.1 Å². The maximum Gasteiger partial charge on any atom is 0.316 e. The first kappa shape index (κ1) is 14.7. The SMILES string of the molecule is CN(C)C(=O)NCCNc1ccc(C#N)c(F)c1F. The summed E-state index contributed by atoms with van der Waals surface area (Å²) in [5.74, 6) is -2.28. The van der Waals surface area contributed by atoms with Gasteiger partial charge in [0.15, 0.2) is 11.6 Å². The number of amides is 2. The average Bonchev–Trinajstić information content (AvgIpc) is 2.39. The second-order valence-corrected chi connectivity index (χ2v) is 3.95. The van der Waals surface area contributed by atoms with Crippen LogP contribution >= 0.6 is 0 Å². The summed E-state index contributed by atoms with van der Waals surface area (Å²) < 4.78 is 26.8. The van der Waals surface area contributed by atoms with Crippen LogP contribution in [0.15, 0.2) is 12.1 Å². The standard InChI is InChI=1S/C12H14F2N4O/c1-18(2)12(19)17-6-5-16-9-4-3-8(7-15)10(13)11(9)14/h3-4,16H,5-6H2,1-2H3,(H,17,19). The van der Waals surface area contributed by atoms with Crippen LogP contribution in [0.2, 0.25) is 0 Å². The van der Waals surface area contributed by atoms with Crippen LogP contribution in [0.3, 0.4) is 0 Å². The summed E-state index contributed by atoms with van der Waals surface area (Å²) in [5, 5.41) is 13.7. The third-order valence-electron chi connectivity index (χ3n) is 2.33. The lowest BCUT2D eigenvalue weighted by atomic mass is 10.2. The Balaban J connectivity index is 2.53. The van der Waals surface area contributed by atoms with Crippen molar-refractivity contribution >= 4 is 11.7 Å². The van der Waals surface area contributed by atoms with Crippen molar-refractivity contribution in [3.8, 4) is 6.07 Å². The number of nitrogens with one attached hydrogen (secondary N) is 2. The molecule has 0 saturated carbocycles. The lowest BCUT2D eigenvalue weighted by Gasteiger charge is -2.13. The molecular weight excluding hydrogens is 254 g/mol. The van der Waals surface area contributed by atoms with Crippen LogP contribution in [0.5, 0.6) is 0 Å². The minimum atomic E-state index is -1.18. The fourth-order valence-corrected chi connectivity index (χ4v) is 1.30. The number of anilines is 1. The molecule has 102 valence electrons. The Labute approximate surface area is 109 Å². The first-order valence-electron chi connectivity index (χ1n) is 5.54. The molecule has 1 rings (SSSR count). The van der Waals surface area contributed by atoms with Crippen molar-refractivity contribution in [1.29, 1.82) is 5.26 Å². The van der Waals surface area contributed by atoms with E-state index < -0.39 is 11.6 Å². The van der Waals surface area contributed by atoms with Crippen molar-refractivity contribution in [3.05, 3.63) is 29.3 Å². The second-order valence-electron chi connectivity index (χ2n) is 3.95. The third kappa shape index (κ3) is 3.81. The van der Waals surface area contributed by atoms with E-state index in [0.717, 1.165) is 0 Å². The molecule has 0 atom stereocenters. The van der Waals surface area contributed by atoms with Gasteiger partial charge in [-0.2, -0.15) is 5.26 Å². The van der Waals surface area contributed by atoms with Gasteiger partial charge in [0.1, 0.15) is 6.07 Å². The molecule has 0 bridgehead atoms. The van der Waals surface area contributed by atoms with Gasteiger partial charge in [-0.1, -0.05) is 0 Å². The zero-order chi connectivity index (χ0) is 14.4. The lowest BCUT2D eigenvalue weighted by Crippen LogP contribution is -2.37. The number of urea groups is 1. The molecule has 0 spiro atoms. The smallest absolute Gasteiger partial charge is 0.316 e. The van der Waals surface area contributed by atoms with Gasteiger partial charge >= 0.3 is 6.03 Å². The minimum absolute atomic E-state index is 0.0457. The number of hydrogen-bond acceptors (Lipinski definition) is 3. The summed E-state index contributed by atoms with van der Waals surface area (Å²) in [4.78, 5) is 12.5. The molecule has 2 amide bonds. The predicted octanol–water partition coefficient (Wildman–Crippen LogP) is 1.52. The fourth-order valence-electron chi connectivity index (χ4n) is 1.30. The molecule has 0 unspecified atom stereocenters. The first-order chi connectivity index (χ1) is 8.97. The highest BCUT2D eigenvalue weighted by Gasteiger charge is 2.12. The largest absolute Gasteiger partial charge is 0.381 e. The molecular formula is C12H14F2N4O. The van der Waals surface area contributed by atoms with Crippen LogP contribution in [0.25, 0.3) is 0 Å². The van der Waals surface area contributed by atoms with Crippen LogP contribution in [-0.2, 0) is 0 Å². The summed E-state index contributed by atoms with van der Waals surface area (Å²) in [7, 11) is 3.19. The number of hydrogen-bond donors (Lipinski definition) is 2. The monoisotopic (exact) mass is 268 g/mol. The van der Waals surface area contributed by atoms with Crippen molar-refractivity contribution in [2.45, 2.75) is 0 Å². The van der Waals surface area contributed by atoms with Gasteiger partial charge in [0.25, 0.3) is 0 Å². The van der Waals surface area contributed by atoms with E-state index in [1.54, 1.807) is 20.2 Å². The number of carbonyl (C=O) groups excluding carboxylic acids is 1. The average molecular weight is 268 g/mol. The summed E-state index contributed by atoms with van der Waals surface area (Å²) >= 11 is 0. The molecule has 0 radical (unpaired) electrons. The van der Waals surface area contributed by atoms with E-state index in [1.165, 1.54) is 17.0 Å². The van der Waals surface area contributed by atoms with Crippen molar-refractivity contribution in [1.82, 2.24) is 10.2 Å². The molecule has 0 aliphatic rings. The summed E-state index contributed by atoms with van der Waals surface area (Å²) in [6.07, 6.45) is 0. The molecule has 0 heterocycles. The van der Waals surface area contributed by atoms with Gasteiger partial charge in [-0.15, -0.1) is 0 Å². The summed E-state index contributed by atoms with van der Waals surface area (Å²) in [5.41, 5.74) is -0.389. The van der Waals surface area contributed by atoms with Gasteiger partial charge in [-0.3, -0.25) is 0 Å². The van der Waals surface area contributed by atoms with Crippen LogP contribution in [0, 0.1) is 23.0 Å². The van der Waals surface area contributed by atoms with Gasteiger partial charge < -0.3 is 15.5 Å². The minimum Gasteiger partial charge on any atom is -0.381 e. The molecule has 2 N–H and O–H groups in total. The zero-order valence-electron chi connectivity index (χ0n) is 10.6. The Kier molecular flexibility index (Phi) is 5.06. The van der Waals surface area contributed by atoms with Gasteiger partial charge in [-0.25, -0.2) is 13.6 Å². The van der Waals surface area contributed by atoms with Crippen molar-refractivity contribution < 1.29 is 13.6 Å². The summed E-state index contributed by atoms with van der Waals surface area (Å²) in [6.45, 7) is 0.500. The van der Waals surface area contributed by atoms with Crippen LogP contribution in [0.4, 0.5) is 19.3 Å². The highest BCUT2D eigenvalue weighted by Crippen LogP contribution is 2.19. The molecule has 7 heteroatoms. The Morgan fingerprint density at radius 3 is 2.58 bits per heavy atom. The molecule has 0 aliphatic carbocycles. The Morgan fingerprint density at radius 2 is 2.00 bits per heavy atom. The van der Waals surface area contributed by atoms with Gasteiger partial charge in [0.05, 0.1) is 11.3 Å². The highest BCUT2D eigenvalue weighted by atomic mass is 19.2. The van der Waals surface area contributed by atoms with Gasteiger partial charge in [0, 0.05) is 27.2 Å². The first-order valence-corrected chi connectivity index (χ1v) is 5.54. The van der Waals surface area contributed by atoms with Crippen molar-refractivity contribution in [3.63, 3.8) is 0 Å². The Hall–Kier alpha value is -2.36. The molecule has 0 aromatic heterocycles. The molecule has 19 heavy (non-hydrogen) atoms. The molecule has 1 aromatic rings. The van der Waals surface area contributed by atoms with E-state index in [-0.39, 0.29) is 30.4 Å². The zero-order valence-corrected chi connectivity index (χ0v) is 10.6. The van der Waals surface area contributed by atoms with E-state index >= 15 is 0 Å². The second kappa shape index (κ2) is 6.54. The topological polar surface area (TPSA) is 68.2 Å². The van der Waals surface area contributed by atoms with E-state index in [1.807, 2.05) is 0 Å². The van der Waals surface area contributed by atoms with Gasteiger partial charge in [0.2, 0.25) is 0 Å². The van der Waals surface area contributed by atoms with E-state index in [0.29, 0.717) is 0 Å². The Morgan fingerprint density at radius 1 is 1.32 bits per heavy atom. The van der Waals surface area contributed by atoms with Crippen molar-refractivity contribution in [2.24, 2.45) is 0 Å². The lowest BCUT2D eigenvalue weighted by molar-refractivity contribution is 0.218. The Bertz CT molecular complexity index is 511. The molecule has 1 aromatic carbocycles. The molecule has 5 nitrogen and oxygen atoms in total. The third-order valence-corrected chi connectivity index (χ3v) is 2.33. The van der Waals surface area contributed by atoms with Crippen molar-refractivity contribution in [2.75, 3.05) is 32.5 Å². The van der Waals surface area contributed by atoms with E-state index in [2.05, 4.69) is 10.6 Å². The molecule has 0 saturated heterocycles. The van der Waals surface area contributed by atoms with Crippen LogP contribution in [0.1, 0.15) is 5.56 Å². The molecule has 0 fully saturated rings. The van der Waals surface area contributed by atoms with Gasteiger partial charge in [-0.05, 0) is 12.1 Å². The quantitative estimate of drug-likeness (QED) is 0.813. The molecule has 0 aliphatic heterocycles. The normalized spacial score (nSPS) is 9.63. The maximum atomic E-state index is 13.5. The predicted molar refractivity (Wildman–Crippen MR) is 66.6 cm³/mol. The number of rotatable bonds is 4.